The molecule has 1 atom stereocenters. The molecule has 4 rings (SSSR count). The molecule has 1 fully saturated rings. The zero-order valence-corrected chi connectivity index (χ0v) is 11.9. The van der Waals surface area contributed by atoms with Gasteiger partial charge in [0.2, 0.25) is 0 Å². The van der Waals surface area contributed by atoms with Gasteiger partial charge in [0.15, 0.2) is 5.75 Å². The van der Waals surface area contributed by atoms with Crippen molar-refractivity contribution >= 4 is 16.7 Å². The van der Waals surface area contributed by atoms with Crippen molar-refractivity contribution in [3.8, 4) is 11.5 Å². The Kier molecular flexibility index (Phi) is 2.85. The number of anilines is 1. The molecule has 0 amide bonds. The molecule has 110 valence electrons. The maximum absolute atomic E-state index is 6.10. The van der Waals surface area contributed by atoms with E-state index in [9.17, 15) is 0 Å². The van der Waals surface area contributed by atoms with Gasteiger partial charge in [-0.2, -0.15) is 0 Å². The average Bonchev–Trinajstić information content (AvgIpc) is 3.10. The first-order valence-corrected chi connectivity index (χ1v) is 7.19. The summed E-state index contributed by atoms with van der Waals surface area (Å²) in [6, 6.07) is 1.94. The minimum atomic E-state index is 0.0970. The number of benzene rings is 1. The fourth-order valence-electron chi connectivity index (χ4n) is 2.93. The van der Waals surface area contributed by atoms with Gasteiger partial charge in [0.1, 0.15) is 29.0 Å². The number of aromatic nitrogens is 2. The van der Waals surface area contributed by atoms with Crippen molar-refractivity contribution < 1.29 is 14.2 Å². The molecule has 21 heavy (non-hydrogen) atoms. The van der Waals surface area contributed by atoms with E-state index < -0.39 is 0 Å². The second kappa shape index (κ2) is 4.73. The van der Waals surface area contributed by atoms with Gasteiger partial charge in [-0.1, -0.05) is 0 Å². The fourth-order valence-corrected chi connectivity index (χ4v) is 2.93. The van der Waals surface area contributed by atoms with E-state index in [1.807, 2.05) is 13.0 Å². The van der Waals surface area contributed by atoms with Crippen molar-refractivity contribution in [1.82, 2.24) is 9.97 Å². The number of fused-ring (bicyclic) bond motifs is 3. The molecule has 2 aromatic rings. The third-order valence-electron chi connectivity index (χ3n) is 3.93. The summed E-state index contributed by atoms with van der Waals surface area (Å²) in [7, 11) is 0. The number of ether oxygens (including phenoxy) is 3. The van der Waals surface area contributed by atoms with Gasteiger partial charge >= 0.3 is 0 Å². The largest absolute Gasteiger partial charge is 0.491 e. The summed E-state index contributed by atoms with van der Waals surface area (Å²) in [5.41, 5.74) is 7.90. The van der Waals surface area contributed by atoms with Crippen molar-refractivity contribution in [3.63, 3.8) is 0 Å². The average molecular weight is 287 g/mol. The Bertz CT molecular complexity index is 711. The van der Waals surface area contributed by atoms with E-state index in [4.69, 9.17) is 19.9 Å². The zero-order chi connectivity index (χ0) is 14.4. The lowest BCUT2D eigenvalue weighted by Gasteiger charge is -2.16. The number of hydrogen-bond donors (Lipinski definition) is 1. The van der Waals surface area contributed by atoms with E-state index in [0.29, 0.717) is 24.9 Å². The summed E-state index contributed by atoms with van der Waals surface area (Å²) < 4.78 is 17.2. The van der Waals surface area contributed by atoms with E-state index in [-0.39, 0.29) is 6.10 Å². The molecule has 2 aliphatic rings. The standard InChI is InChI=1S/C15H17N3O3/c1-8-17-13-11(15(16)18-8)6-12(10-3-5-20-14(10)13)21-9-2-4-19-7-9/h6,9H,2-5,7H2,1H3,(H2,16,17,18)/t9-/m0/s1. The van der Waals surface area contributed by atoms with Gasteiger partial charge in [0.25, 0.3) is 0 Å². The number of aryl methyl sites for hydroxylation is 1. The molecule has 0 spiro atoms. The van der Waals surface area contributed by atoms with Gasteiger partial charge in [0, 0.05) is 23.8 Å². The summed E-state index contributed by atoms with van der Waals surface area (Å²) >= 11 is 0. The minimum absolute atomic E-state index is 0.0970. The van der Waals surface area contributed by atoms with Crippen LogP contribution in [0.4, 0.5) is 5.82 Å². The molecule has 0 radical (unpaired) electrons. The molecular formula is C15H17N3O3. The highest BCUT2D eigenvalue weighted by Crippen LogP contribution is 2.41. The number of hydrogen-bond acceptors (Lipinski definition) is 6. The van der Waals surface area contributed by atoms with Crippen LogP contribution in [-0.2, 0) is 11.2 Å². The third kappa shape index (κ3) is 2.06. The van der Waals surface area contributed by atoms with Crippen LogP contribution in [0.15, 0.2) is 6.07 Å². The van der Waals surface area contributed by atoms with E-state index in [1.165, 1.54) is 0 Å². The van der Waals surface area contributed by atoms with Crippen LogP contribution in [0.3, 0.4) is 0 Å². The van der Waals surface area contributed by atoms with Gasteiger partial charge in [-0.3, -0.25) is 0 Å². The number of nitrogens with two attached hydrogens (primary N) is 1. The Balaban J connectivity index is 1.87. The molecule has 6 nitrogen and oxygen atoms in total. The maximum atomic E-state index is 6.10. The second-order valence-corrected chi connectivity index (χ2v) is 5.44. The lowest BCUT2D eigenvalue weighted by molar-refractivity contribution is 0.141. The first-order valence-electron chi connectivity index (χ1n) is 7.19. The van der Waals surface area contributed by atoms with Crippen LogP contribution in [0.1, 0.15) is 17.8 Å². The van der Waals surface area contributed by atoms with Crippen LogP contribution in [0.5, 0.6) is 11.5 Å². The highest BCUT2D eigenvalue weighted by atomic mass is 16.5. The SMILES string of the molecule is Cc1nc(N)c2cc(O[C@H]3CCOC3)c3c(c2n1)OCC3. The van der Waals surface area contributed by atoms with Crippen LogP contribution in [-0.4, -0.2) is 35.9 Å². The Morgan fingerprint density at radius 2 is 2.24 bits per heavy atom. The number of nitrogens with zero attached hydrogens (tertiary/aromatic N) is 2. The highest BCUT2D eigenvalue weighted by Gasteiger charge is 2.26. The van der Waals surface area contributed by atoms with Crippen LogP contribution in [0.2, 0.25) is 0 Å². The Morgan fingerprint density at radius 1 is 1.33 bits per heavy atom. The lowest BCUT2D eigenvalue weighted by Crippen LogP contribution is -2.16. The first-order chi connectivity index (χ1) is 10.2. The first kappa shape index (κ1) is 12.6. The smallest absolute Gasteiger partial charge is 0.152 e. The molecule has 0 saturated carbocycles. The van der Waals surface area contributed by atoms with Gasteiger partial charge in [-0.05, 0) is 13.0 Å². The molecule has 6 heteroatoms. The highest BCUT2D eigenvalue weighted by molar-refractivity contribution is 5.95. The van der Waals surface area contributed by atoms with E-state index in [1.54, 1.807) is 0 Å². The molecular weight excluding hydrogens is 270 g/mol. The Hall–Kier alpha value is -2.08. The van der Waals surface area contributed by atoms with E-state index in [0.717, 1.165) is 47.4 Å². The van der Waals surface area contributed by atoms with E-state index >= 15 is 0 Å². The Morgan fingerprint density at radius 3 is 3.05 bits per heavy atom. The summed E-state index contributed by atoms with van der Waals surface area (Å²) in [6.07, 6.45) is 1.84. The third-order valence-corrected chi connectivity index (χ3v) is 3.93. The summed E-state index contributed by atoms with van der Waals surface area (Å²) in [6.45, 7) is 3.86. The molecule has 0 bridgehead atoms. The molecule has 2 aliphatic heterocycles. The molecule has 1 saturated heterocycles. The maximum Gasteiger partial charge on any atom is 0.152 e. The molecule has 0 unspecified atom stereocenters. The van der Waals surface area contributed by atoms with Crippen molar-refractivity contribution in [3.05, 3.63) is 17.5 Å². The normalized spacial score (nSPS) is 20.5. The monoisotopic (exact) mass is 287 g/mol. The van der Waals surface area contributed by atoms with Crippen molar-refractivity contribution in [2.45, 2.75) is 25.9 Å². The minimum Gasteiger partial charge on any atom is -0.491 e. The quantitative estimate of drug-likeness (QED) is 0.904. The van der Waals surface area contributed by atoms with E-state index in [2.05, 4.69) is 9.97 Å². The van der Waals surface area contributed by atoms with Crippen LogP contribution in [0.25, 0.3) is 10.9 Å². The van der Waals surface area contributed by atoms with Crippen LogP contribution in [0, 0.1) is 6.92 Å². The Labute approximate surface area is 122 Å². The molecule has 0 aliphatic carbocycles. The van der Waals surface area contributed by atoms with Gasteiger partial charge in [-0.15, -0.1) is 0 Å². The van der Waals surface area contributed by atoms with Crippen molar-refractivity contribution in [2.24, 2.45) is 0 Å². The predicted octanol–water partition coefficient (Wildman–Crippen LogP) is 1.62. The zero-order valence-electron chi connectivity index (χ0n) is 11.9. The molecule has 2 N–H and O–H groups in total. The van der Waals surface area contributed by atoms with Crippen LogP contribution < -0.4 is 15.2 Å². The summed E-state index contributed by atoms with van der Waals surface area (Å²) in [5.74, 6) is 2.72. The van der Waals surface area contributed by atoms with Crippen molar-refractivity contribution in [2.75, 3.05) is 25.6 Å². The van der Waals surface area contributed by atoms with Gasteiger partial charge < -0.3 is 19.9 Å². The number of nitrogen functional groups attached to an aromatic ring is 1. The van der Waals surface area contributed by atoms with Crippen LogP contribution >= 0.6 is 0 Å². The predicted molar refractivity (Wildman–Crippen MR) is 77.7 cm³/mol. The fraction of sp³-hybridized carbons (Fsp3) is 0.467. The van der Waals surface area contributed by atoms with Gasteiger partial charge in [0.05, 0.1) is 19.8 Å². The van der Waals surface area contributed by atoms with Crippen molar-refractivity contribution in [1.29, 1.82) is 0 Å². The summed E-state index contributed by atoms with van der Waals surface area (Å²) in [4.78, 5) is 8.72. The lowest BCUT2D eigenvalue weighted by atomic mass is 10.1. The van der Waals surface area contributed by atoms with Gasteiger partial charge in [-0.25, -0.2) is 9.97 Å². The topological polar surface area (TPSA) is 79.5 Å². The second-order valence-electron chi connectivity index (χ2n) is 5.44. The molecule has 3 heterocycles. The molecule has 1 aromatic carbocycles. The number of rotatable bonds is 2. The molecule has 1 aromatic heterocycles. The summed E-state index contributed by atoms with van der Waals surface area (Å²) in [5, 5.41) is 0.787.